The minimum absolute atomic E-state index is 0.0977. The molecule has 136 valence electrons. The van der Waals surface area contributed by atoms with Crippen LogP contribution in [0.25, 0.3) is 0 Å². The van der Waals surface area contributed by atoms with Gasteiger partial charge in [0.05, 0.1) is 22.9 Å². The molecule has 2 aliphatic rings. The summed E-state index contributed by atoms with van der Waals surface area (Å²) in [5.74, 6) is 0.695. The number of nitrogens with zero attached hydrogens (tertiary/aromatic N) is 2. The van der Waals surface area contributed by atoms with Crippen LogP contribution in [0.2, 0.25) is 0 Å². The van der Waals surface area contributed by atoms with Crippen LogP contribution in [0.15, 0.2) is 28.7 Å². The fourth-order valence-electron chi connectivity index (χ4n) is 3.32. The van der Waals surface area contributed by atoms with Crippen LogP contribution in [0.5, 0.6) is 0 Å². The Kier molecular flexibility index (Phi) is 5.91. The average Bonchev–Trinajstić information content (AvgIpc) is 2.91. The maximum Gasteiger partial charge on any atom is 0.321 e. The van der Waals surface area contributed by atoms with Gasteiger partial charge in [0, 0.05) is 31.2 Å². The van der Waals surface area contributed by atoms with E-state index in [0.717, 1.165) is 23.0 Å². The predicted molar refractivity (Wildman–Crippen MR) is 103 cm³/mol. The van der Waals surface area contributed by atoms with Crippen molar-refractivity contribution in [2.75, 3.05) is 44.4 Å². The highest BCUT2D eigenvalue weighted by atomic mass is 79.9. The summed E-state index contributed by atoms with van der Waals surface area (Å²) in [6.07, 6.45) is 1.58. The third kappa shape index (κ3) is 3.96. The number of urea groups is 1. The molecule has 0 bridgehead atoms. The number of halogens is 1. The Morgan fingerprint density at radius 2 is 2.08 bits per heavy atom. The average molecular weight is 428 g/mol. The van der Waals surface area contributed by atoms with Crippen molar-refractivity contribution in [3.05, 3.63) is 28.7 Å². The molecule has 2 fully saturated rings. The number of carbonyl (C=O) groups excluding carboxylic acids is 2. The number of piperidine rings is 1. The highest BCUT2D eigenvalue weighted by Gasteiger charge is 2.48. The Bertz CT molecular complexity index is 650. The van der Waals surface area contributed by atoms with E-state index in [-0.39, 0.29) is 16.8 Å². The summed E-state index contributed by atoms with van der Waals surface area (Å²) in [6, 6.07) is 7.47. The van der Waals surface area contributed by atoms with Crippen LogP contribution >= 0.6 is 27.7 Å². The normalized spacial score (nSPS) is 19.5. The van der Waals surface area contributed by atoms with E-state index in [1.165, 1.54) is 0 Å². The number of hydrogen-bond acceptors (Lipinski definition) is 4. The van der Waals surface area contributed by atoms with E-state index in [1.54, 1.807) is 18.9 Å². The summed E-state index contributed by atoms with van der Waals surface area (Å²) in [4.78, 5) is 28.3. The highest BCUT2D eigenvalue weighted by molar-refractivity contribution is 9.10. The molecular formula is C17H22BrN3O3S. The lowest BCUT2D eigenvalue weighted by molar-refractivity contribution is -0.131. The molecule has 0 radical (unpaired) electrons. The largest absolute Gasteiger partial charge is 0.383 e. The van der Waals surface area contributed by atoms with E-state index < -0.39 is 0 Å². The van der Waals surface area contributed by atoms with Gasteiger partial charge in [-0.3, -0.25) is 4.79 Å². The third-order valence-electron chi connectivity index (χ3n) is 4.72. The van der Waals surface area contributed by atoms with E-state index in [4.69, 9.17) is 4.74 Å². The van der Waals surface area contributed by atoms with Gasteiger partial charge in [0.2, 0.25) is 5.91 Å². The second kappa shape index (κ2) is 7.97. The van der Waals surface area contributed by atoms with Crippen LogP contribution in [0.3, 0.4) is 0 Å². The predicted octanol–water partition coefficient (Wildman–Crippen LogP) is 2.99. The number of amides is 3. The first kappa shape index (κ1) is 18.5. The second-order valence-electron chi connectivity index (χ2n) is 6.17. The number of ether oxygens (including phenoxy) is 1. The Morgan fingerprint density at radius 1 is 1.36 bits per heavy atom. The molecule has 8 heteroatoms. The Hall–Kier alpha value is -1.25. The first-order chi connectivity index (χ1) is 12.1. The van der Waals surface area contributed by atoms with Gasteiger partial charge in [-0.05, 0) is 40.9 Å². The number of methoxy groups -OCH3 is 1. The summed E-state index contributed by atoms with van der Waals surface area (Å²) in [5.41, 5.74) is 0.764. The van der Waals surface area contributed by atoms with E-state index in [2.05, 4.69) is 21.2 Å². The van der Waals surface area contributed by atoms with Gasteiger partial charge in [-0.25, -0.2) is 4.79 Å². The SMILES string of the molecule is COCCN1C(=O)CSC12CCN(C(=O)Nc1ccccc1Br)CC2. The van der Waals surface area contributed by atoms with Crippen molar-refractivity contribution in [1.82, 2.24) is 9.80 Å². The molecular weight excluding hydrogens is 406 g/mol. The summed E-state index contributed by atoms with van der Waals surface area (Å²) in [6.45, 7) is 2.44. The first-order valence-corrected chi connectivity index (χ1v) is 10.1. The van der Waals surface area contributed by atoms with Gasteiger partial charge in [-0.1, -0.05) is 12.1 Å². The zero-order valence-electron chi connectivity index (χ0n) is 14.2. The van der Waals surface area contributed by atoms with Gasteiger partial charge in [-0.15, -0.1) is 11.8 Å². The standard InChI is InChI=1S/C17H22BrN3O3S/c1-24-11-10-21-15(22)12-25-17(21)6-8-20(9-7-17)16(23)19-14-5-3-2-4-13(14)18/h2-5H,6-12H2,1H3,(H,19,23). The Balaban J connectivity index is 1.60. The van der Waals surface area contributed by atoms with Gasteiger partial charge >= 0.3 is 6.03 Å². The number of rotatable bonds is 4. The molecule has 0 atom stereocenters. The van der Waals surface area contributed by atoms with Crippen molar-refractivity contribution < 1.29 is 14.3 Å². The molecule has 3 rings (SSSR count). The number of hydrogen-bond donors (Lipinski definition) is 1. The molecule has 1 aromatic rings. The maximum absolute atomic E-state index is 12.5. The van der Waals surface area contributed by atoms with Crippen LogP contribution in [-0.4, -0.2) is 65.7 Å². The van der Waals surface area contributed by atoms with Gasteiger partial charge in [0.15, 0.2) is 0 Å². The van der Waals surface area contributed by atoms with Crippen molar-refractivity contribution in [2.45, 2.75) is 17.7 Å². The van der Waals surface area contributed by atoms with Gasteiger partial charge in [0.25, 0.3) is 0 Å². The smallest absolute Gasteiger partial charge is 0.321 e. The van der Waals surface area contributed by atoms with Gasteiger partial charge in [-0.2, -0.15) is 0 Å². The molecule has 1 aromatic carbocycles. The minimum atomic E-state index is -0.181. The number of likely N-dealkylation sites (tertiary alicyclic amines) is 1. The first-order valence-electron chi connectivity index (χ1n) is 8.29. The number of benzene rings is 1. The summed E-state index contributed by atoms with van der Waals surface area (Å²) in [7, 11) is 1.65. The van der Waals surface area contributed by atoms with Crippen molar-refractivity contribution in [2.24, 2.45) is 0 Å². The summed E-state index contributed by atoms with van der Waals surface area (Å²) < 4.78 is 6.00. The van der Waals surface area contributed by atoms with Crippen LogP contribution in [0.4, 0.5) is 10.5 Å². The van der Waals surface area contributed by atoms with Gasteiger partial charge in [0.1, 0.15) is 0 Å². The lowest BCUT2D eigenvalue weighted by Gasteiger charge is -2.43. The van der Waals surface area contributed by atoms with Crippen LogP contribution < -0.4 is 5.32 Å². The molecule has 0 aliphatic carbocycles. The van der Waals surface area contributed by atoms with Crippen molar-refractivity contribution >= 4 is 45.3 Å². The van der Waals surface area contributed by atoms with Crippen molar-refractivity contribution in [1.29, 1.82) is 0 Å². The Labute approximate surface area is 160 Å². The van der Waals surface area contributed by atoms with Gasteiger partial charge < -0.3 is 19.9 Å². The van der Waals surface area contributed by atoms with Crippen molar-refractivity contribution in [3.8, 4) is 0 Å². The van der Waals surface area contributed by atoms with E-state index in [0.29, 0.717) is 32.0 Å². The lowest BCUT2D eigenvalue weighted by Crippen LogP contribution is -2.54. The number of nitrogens with one attached hydrogen (secondary N) is 1. The monoisotopic (exact) mass is 427 g/mol. The zero-order valence-corrected chi connectivity index (χ0v) is 16.6. The molecule has 6 nitrogen and oxygen atoms in total. The molecule has 3 amide bonds. The topological polar surface area (TPSA) is 61.9 Å². The second-order valence-corrected chi connectivity index (χ2v) is 8.36. The highest BCUT2D eigenvalue weighted by Crippen LogP contribution is 2.44. The lowest BCUT2D eigenvalue weighted by atomic mass is 10.0. The molecule has 1 spiro atoms. The quantitative estimate of drug-likeness (QED) is 0.801. The van der Waals surface area contributed by atoms with Crippen LogP contribution in [0.1, 0.15) is 12.8 Å². The molecule has 2 heterocycles. The molecule has 25 heavy (non-hydrogen) atoms. The molecule has 2 saturated heterocycles. The molecule has 0 unspecified atom stereocenters. The molecule has 2 aliphatic heterocycles. The van der Waals surface area contributed by atoms with Crippen LogP contribution in [0, 0.1) is 0 Å². The van der Waals surface area contributed by atoms with E-state index in [9.17, 15) is 9.59 Å². The molecule has 1 N–H and O–H groups in total. The number of thioether (sulfide) groups is 1. The summed E-state index contributed by atoms with van der Waals surface area (Å²) >= 11 is 5.15. The number of carbonyl (C=O) groups is 2. The summed E-state index contributed by atoms with van der Waals surface area (Å²) in [5, 5.41) is 2.95. The fraction of sp³-hybridized carbons (Fsp3) is 0.529. The Morgan fingerprint density at radius 3 is 2.76 bits per heavy atom. The number of para-hydroxylation sites is 1. The molecule has 0 saturated carbocycles. The molecule has 0 aromatic heterocycles. The van der Waals surface area contributed by atoms with E-state index in [1.807, 2.05) is 34.1 Å². The third-order valence-corrected chi connectivity index (χ3v) is 6.97. The number of anilines is 1. The van der Waals surface area contributed by atoms with Crippen LogP contribution in [-0.2, 0) is 9.53 Å². The minimum Gasteiger partial charge on any atom is -0.383 e. The fourth-order valence-corrected chi connectivity index (χ4v) is 5.07. The zero-order chi connectivity index (χ0) is 17.9. The maximum atomic E-state index is 12.5. The van der Waals surface area contributed by atoms with Crippen molar-refractivity contribution in [3.63, 3.8) is 0 Å². The van der Waals surface area contributed by atoms with E-state index >= 15 is 0 Å².